The Morgan fingerprint density at radius 1 is 0.625 bits per heavy atom. The Morgan fingerprint density at radius 3 is 1.83 bits per heavy atom. The van der Waals surface area contributed by atoms with Gasteiger partial charge >= 0.3 is 30.2 Å². The number of benzene rings is 3. The molecule has 13 heteroatoms. The fourth-order valence-corrected chi connectivity index (χ4v) is 5.32. The number of aryl methyl sites for hydroxylation is 2. The van der Waals surface area contributed by atoms with Gasteiger partial charge in [-0.25, -0.2) is 28.9 Å². The third-order valence-corrected chi connectivity index (χ3v) is 7.97. The molecule has 2 aliphatic heterocycles. The number of rotatable bonds is 1. The summed E-state index contributed by atoms with van der Waals surface area (Å²) in [5.41, 5.74) is 2.01. The van der Waals surface area contributed by atoms with Gasteiger partial charge < -0.3 is 19.5 Å². The molecular weight excluding hydrogens is 620 g/mol. The number of carbonyl (C=O) groups is 6. The molecule has 0 radical (unpaired) electrons. The highest BCUT2D eigenvalue weighted by Crippen LogP contribution is 2.30. The third kappa shape index (κ3) is 8.16. The van der Waals surface area contributed by atoms with E-state index in [4.69, 9.17) is 9.47 Å². The number of ether oxygens (including phenoxy) is 3. The maximum Gasteiger partial charge on any atom is 0.411 e. The second kappa shape index (κ2) is 15.2. The van der Waals surface area contributed by atoms with Gasteiger partial charge in [0.05, 0.1) is 30.0 Å². The molecule has 0 aliphatic carbocycles. The van der Waals surface area contributed by atoms with E-state index in [1.165, 1.54) is 30.3 Å². The number of nitrogens with one attached hydrogen (secondary N) is 3. The van der Waals surface area contributed by atoms with Gasteiger partial charge in [-0.2, -0.15) is 0 Å². The number of fused-ring (bicyclic) bond motifs is 5. The van der Waals surface area contributed by atoms with Crippen LogP contribution in [0.4, 0.5) is 37.1 Å². The van der Waals surface area contributed by atoms with Crippen LogP contribution >= 0.6 is 0 Å². The van der Waals surface area contributed by atoms with E-state index in [0.717, 1.165) is 43.4 Å². The summed E-state index contributed by atoms with van der Waals surface area (Å²) in [5, 5.41) is 8.07. The molecule has 2 aliphatic rings. The Morgan fingerprint density at radius 2 is 1.19 bits per heavy atom. The molecule has 0 unspecified atom stereocenters. The van der Waals surface area contributed by atoms with Gasteiger partial charge in [0.25, 0.3) is 5.91 Å². The van der Waals surface area contributed by atoms with Crippen LogP contribution in [0.15, 0.2) is 54.6 Å². The molecule has 0 spiro atoms. The van der Waals surface area contributed by atoms with Crippen molar-refractivity contribution in [2.75, 3.05) is 34.1 Å². The van der Waals surface area contributed by atoms with Crippen molar-refractivity contribution >= 4 is 58.8 Å². The molecule has 5 amide bonds. The second-order valence-corrected chi connectivity index (χ2v) is 11.5. The SMILES string of the molecule is Cc1ccc2cc1NC(=O)N(C(=O)c1ccc3c(c1)C(=O)OC3=O)c1cc(ccc1C)NC(=O)OCCCCCCCCCOC(=O)N2. The zero-order valence-electron chi connectivity index (χ0n) is 26.7. The van der Waals surface area contributed by atoms with Crippen LogP contribution < -0.4 is 20.9 Å². The Labute approximate surface area is 276 Å². The number of amides is 5. The normalized spacial score (nSPS) is 16.6. The Balaban J connectivity index is 1.50. The predicted octanol–water partition coefficient (Wildman–Crippen LogP) is 7.33. The number of urea groups is 1. The second-order valence-electron chi connectivity index (χ2n) is 11.5. The van der Waals surface area contributed by atoms with Crippen LogP contribution in [0.5, 0.6) is 0 Å². The third-order valence-electron chi connectivity index (χ3n) is 7.97. The first-order valence-electron chi connectivity index (χ1n) is 15.8. The van der Waals surface area contributed by atoms with Crippen molar-refractivity contribution in [2.24, 2.45) is 0 Å². The molecule has 3 N–H and O–H groups in total. The number of anilines is 4. The molecule has 0 atom stereocenters. The van der Waals surface area contributed by atoms with Crippen molar-refractivity contribution in [1.82, 2.24) is 0 Å². The van der Waals surface area contributed by atoms with Crippen LogP contribution in [0.25, 0.3) is 0 Å². The van der Waals surface area contributed by atoms with Crippen molar-refractivity contribution in [1.29, 1.82) is 0 Å². The highest BCUT2D eigenvalue weighted by molar-refractivity contribution is 6.25. The summed E-state index contributed by atoms with van der Waals surface area (Å²) in [4.78, 5) is 78.4. The van der Waals surface area contributed by atoms with Crippen LogP contribution in [0, 0.1) is 13.8 Å². The molecule has 0 aromatic heterocycles. The van der Waals surface area contributed by atoms with E-state index < -0.39 is 36.1 Å². The van der Waals surface area contributed by atoms with Gasteiger partial charge in [-0.15, -0.1) is 0 Å². The first kappa shape index (κ1) is 33.6. The molecule has 0 fully saturated rings. The summed E-state index contributed by atoms with van der Waals surface area (Å²) < 4.78 is 15.3. The lowest BCUT2D eigenvalue weighted by atomic mass is 10.0. The first-order chi connectivity index (χ1) is 23.1. The van der Waals surface area contributed by atoms with Gasteiger partial charge in [0.2, 0.25) is 0 Å². The van der Waals surface area contributed by atoms with E-state index in [1.807, 2.05) is 0 Å². The van der Waals surface area contributed by atoms with E-state index in [9.17, 15) is 28.8 Å². The molecule has 48 heavy (non-hydrogen) atoms. The van der Waals surface area contributed by atoms with E-state index in [2.05, 4.69) is 20.7 Å². The molecule has 5 rings (SSSR count). The van der Waals surface area contributed by atoms with Crippen LogP contribution in [-0.2, 0) is 14.2 Å². The minimum atomic E-state index is -0.905. The fraction of sp³-hybridized carbons (Fsp3) is 0.314. The Hall–Kier alpha value is -5.72. The number of imide groups is 1. The summed E-state index contributed by atoms with van der Waals surface area (Å²) in [6, 6.07) is 12.5. The molecule has 13 nitrogen and oxygen atoms in total. The average molecular weight is 657 g/mol. The van der Waals surface area contributed by atoms with Crippen LogP contribution in [0.3, 0.4) is 0 Å². The first-order valence-corrected chi connectivity index (χ1v) is 15.8. The van der Waals surface area contributed by atoms with Crippen molar-refractivity contribution in [3.05, 3.63) is 82.4 Å². The molecule has 3 aromatic rings. The highest BCUT2D eigenvalue weighted by Gasteiger charge is 2.33. The van der Waals surface area contributed by atoms with Crippen LogP contribution in [0.1, 0.15) is 87.1 Å². The van der Waals surface area contributed by atoms with Crippen molar-refractivity contribution < 1.29 is 43.0 Å². The zero-order chi connectivity index (χ0) is 34.2. The molecule has 0 saturated heterocycles. The maximum atomic E-state index is 14.1. The summed E-state index contributed by atoms with van der Waals surface area (Å²) in [5.74, 6) is -2.57. The monoisotopic (exact) mass is 656 g/mol. The lowest BCUT2D eigenvalue weighted by molar-refractivity contribution is 0.0443. The van der Waals surface area contributed by atoms with E-state index in [-0.39, 0.29) is 41.3 Å². The van der Waals surface area contributed by atoms with Gasteiger partial charge in [-0.3, -0.25) is 15.4 Å². The number of carbonyl (C=O) groups excluding carboxylic acids is 6. The number of hydrogen-bond acceptors (Lipinski definition) is 9. The molecule has 250 valence electrons. The van der Waals surface area contributed by atoms with Gasteiger partial charge in [-0.1, -0.05) is 44.2 Å². The van der Waals surface area contributed by atoms with Gasteiger partial charge in [0.1, 0.15) is 0 Å². The summed E-state index contributed by atoms with van der Waals surface area (Å²) in [6.45, 7) is 3.90. The largest absolute Gasteiger partial charge is 0.449 e. The predicted molar refractivity (Wildman–Crippen MR) is 177 cm³/mol. The standard InChI is InChI=1S/C35H36N4O9/c1-21-10-13-24-19-28(21)38-33(43)39(30(40)23-12-15-26-27(18-23)32(42)48-31(26)41)29-20-25(14-11-22(29)2)37-35(45)47-17-9-7-5-3-4-6-8-16-46-34(44)36-24/h10-15,18-20H,3-9,16-17H2,1-2H3,(H,36,44)(H,37,45)(H,38,43). The smallest absolute Gasteiger partial charge is 0.411 e. The van der Waals surface area contributed by atoms with Crippen LogP contribution in [0.2, 0.25) is 0 Å². The van der Waals surface area contributed by atoms with E-state index in [0.29, 0.717) is 28.9 Å². The average Bonchev–Trinajstić information content (AvgIpc) is 3.34. The number of nitrogens with zero attached hydrogens (tertiary/aromatic N) is 1. The maximum absolute atomic E-state index is 14.1. The van der Waals surface area contributed by atoms with E-state index in [1.54, 1.807) is 38.1 Å². The summed E-state index contributed by atoms with van der Waals surface area (Å²) >= 11 is 0. The minimum absolute atomic E-state index is 0.00377. The Bertz CT molecular complexity index is 1770. The molecule has 0 saturated carbocycles. The number of cyclic esters (lactones) is 4. The van der Waals surface area contributed by atoms with Crippen molar-refractivity contribution in [3.8, 4) is 0 Å². The Kier molecular flexibility index (Phi) is 10.7. The molecule has 3 aromatic carbocycles. The lowest BCUT2D eigenvalue weighted by Gasteiger charge is -2.25. The zero-order valence-corrected chi connectivity index (χ0v) is 26.7. The number of hydrogen-bond donors (Lipinski definition) is 3. The fourth-order valence-electron chi connectivity index (χ4n) is 5.32. The molecule has 4 bridgehead atoms. The van der Waals surface area contributed by atoms with Crippen molar-refractivity contribution in [3.63, 3.8) is 0 Å². The quantitative estimate of drug-likeness (QED) is 0.138. The molecular formula is C35H36N4O9. The van der Waals surface area contributed by atoms with Crippen molar-refractivity contribution in [2.45, 2.75) is 58.8 Å². The summed E-state index contributed by atoms with van der Waals surface area (Å²) in [7, 11) is 0. The van der Waals surface area contributed by atoms with Gasteiger partial charge in [-0.05, 0) is 80.3 Å². The topological polar surface area (TPSA) is 169 Å². The van der Waals surface area contributed by atoms with Gasteiger partial charge in [0.15, 0.2) is 0 Å². The highest BCUT2D eigenvalue weighted by atomic mass is 16.6. The lowest BCUT2D eigenvalue weighted by Crippen LogP contribution is -2.41. The molecule has 2 heterocycles. The minimum Gasteiger partial charge on any atom is -0.449 e. The van der Waals surface area contributed by atoms with Gasteiger partial charge in [0, 0.05) is 22.6 Å². The van der Waals surface area contributed by atoms with E-state index >= 15 is 0 Å². The van der Waals surface area contributed by atoms with Crippen LogP contribution in [-0.4, -0.2) is 49.3 Å². The summed E-state index contributed by atoms with van der Waals surface area (Å²) in [6.07, 6.45) is 4.90. The number of esters is 2.